The Hall–Kier alpha value is -1.10. The Morgan fingerprint density at radius 2 is 2.00 bits per heavy atom. The fourth-order valence-electron chi connectivity index (χ4n) is 2.25. The first-order valence-corrected chi connectivity index (χ1v) is 5.33. The molecule has 1 N–H and O–H groups in total. The summed E-state index contributed by atoms with van der Waals surface area (Å²) in [6, 6.07) is -0.282. The SMILES string of the molecule is CC(=O)N1CCC[C@H]1C(=O)N1CC(O)C1. The Morgan fingerprint density at radius 3 is 2.53 bits per heavy atom. The van der Waals surface area contributed by atoms with Crippen LogP contribution < -0.4 is 0 Å². The Balaban J connectivity index is 1.97. The summed E-state index contributed by atoms with van der Waals surface area (Å²) in [5, 5.41) is 9.11. The maximum Gasteiger partial charge on any atom is 0.245 e. The Morgan fingerprint density at radius 1 is 1.33 bits per heavy atom. The number of aliphatic hydroxyl groups excluding tert-OH is 1. The molecule has 0 saturated carbocycles. The minimum absolute atomic E-state index is 0.00648. The molecule has 2 saturated heterocycles. The van der Waals surface area contributed by atoms with Crippen molar-refractivity contribution < 1.29 is 14.7 Å². The predicted octanol–water partition coefficient (Wildman–Crippen LogP) is -0.800. The van der Waals surface area contributed by atoms with E-state index in [4.69, 9.17) is 5.11 Å². The zero-order chi connectivity index (χ0) is 11.0. The average Bonchev–Trinajstić information content (AvgIpc) is 2.60. The van der Waals surface area contributed by atoms with Gasteiger partial charge in [-0.1, -0.05) is 0 Å². The average molecular weight is 212 g/mol. The van der Waals surface area contributed by atoms with Crippen molar-refractivity contribution in [3.63, 3.8) is 0 Å². The van der Waals surface area contributed by atoms with Gasteiger partial charge in [0.1, 0.15) is 6.04 Å². The molecule has 84 valence electrons. The van der Waals surface area contributed by atoms with E-state index in [2.05, 4.69) is 0 Å². The van der Waals surface area contributed by atoms with Crippen molar-refractivity contribution in [2.24, 2.45) is 0 Å². The van der Waals surface area contributed by atoms with Gasteiger partial charge >= 0.3 is 0 Å². The first-order valence-electron chi connectivity index (χ1n) is 5.33. The first-order chi connectivity index (χ1) is 7.09. The molecule has 2 amide bonds. The number of aliphatic hydroxyl groups is 1. The monoisotopic (exact) mass is 212 g/mol. The van der Waals surface area contributed by atoms with Crippen molar-refractivity contribution >= 4 is 11.8 Å². The Bertz CT molecular complexity index is 286. The van der Waals surface area contributed by atoms with E-state index in [9.17, 15) is 9.59 Å². The summed E-state index contributed by atoms with van der Waals surface area (Å²) in [6.45, 7) is 3.01. The van der Waals surface area contributed by atoms with E-state index >= 15 is 0 Å². The van der Waals surface area contributed by atoms with Crippen LogP contribution in [0.3, 0.4) is 0 Å². The van der Waals surface area contributed by atoms with Gasteiger partial charge in [-0.3, -0.25) is 9.59 Å². The standard InChI is InChI=1S/C10H16N2O3/c1-7(13)12-4-2-3-9(12)10(15)11-5-8(14)6-11/h8-9,14H,2-6H2,1H3/t9-/m0/s1. The van der Waals surface area contributed by atoms with Crippen LogP contribution in [0.1, 0.15) is 19.8 Å². The number of carbonyl (C=O) groups is 2. The van der Waals surface area contributed by atoms with Gasteiger partial charge in [0.2, 0.25) is 11.8 Å². The van der Waals surface area contributed by atoms with Crippen LogP contribution in [0, 0.1) is 0 Å². The van der Waals surface area contributed by atoms with Crippen LogP contribution in [0.2, 0.25) is 0 Å². The maximum atomic E-state index is 11.9. The topological polar surface area (TPSA) is 60.9 Å². The van der Waals surface area contributed by atoms with Gasteiger partial charge in [-0.2, -0.15) is 0 Å². The normalized spacial score (nSPS) is 26.7. The van der Waals surface area contributed by atoms with E-state index in [0.29, 0.717) is 19.6 Å². The minimum atomic E-state index is -0.374. The van der Waals surface area contributed by atoms with Gasteiger partial charge in [0.15, 0.2) is 0 Å². The summed E-state index contributed by atoms with van der Waals surface area (Å²) in [5.74, 6) is -0.0417. The molecule has 0 aromatic carbocycles. The highest BCUT2D eigenvalue weighted by Crippen LogP contribution is 2.21. The van der Waals surface area contributed by atoms with Crippen molar-refractivity contribution in [1.82, 2.24) is 9.80 Å². The molecule has 2 fully saturated rings. The molecule has 0 unspecified atom stereocenters. The summed E-state index contributed by atoms with van der Waals surface area (Å²) in [4.78, 5) is 26.4. The second kappa shape index (κ2) is 3.81. The molecule has 0 spiro atoms. The third kappa shape index (κ3) is 1.84. The van der Waals surface area contributed by atoms with E-state index in [0.717, 1.165) is 12.8 Å². The molecule has 0 aromatic heterocycles. The van der Waals surface area contributed by atoms with Gasteiger partial charge in [0.05, 0.1) is 6.10 Å². The van der Waals surface area contributed by atoms with Gasteiger partial charge in [-0.05, 0) is 12.8 Å². The van der Waals surface area contributed by atoms with Crippen LogP contribution in [-0.4, -0.2) is 58.5 Å². The highest BCUT2D eigenvalue weighted by Gasteiger charge is 2.39. The van der Waals surface area contributed by atoms with Crippen LogP contribution >= 0.6 is 0 Å². The van der Waals surface area contributed by atoms with E-state index in [-0.39, 0.29) is 24.0 Å². The molecule has 0 aliphatic carbocycles. The van der Waals surface area contributed by atoms with Crippen LogP contribution in [0.25, 0.3) is 0 Å². The zero-order valence-corrected chi connectivity index (χ0v) is 8.85. The van der Waals surface area contributed by atoms with Crippen LogP contribution in [0.4, 0.5) is 0 Å². The number of hydrogen-bond donors (Lipinski definition) is 1. The Labute approximate surface area is 88.6 Å². The number of β-amino-alcohol motifs (C(OH)–C–C–N with tert-alkyl or cyclic N) is 1. The van der Waals surface area contributed by atoms with Crippen molar-refractivity contribution in [3.8, 4) is 0 Å². The third-order valence-corrected chi connectivity index (χ3v) is 3.12. The van der Waals surface area contributed by atoms with E-state index in [1.807, 2.05) is 0 Å². The molecule has 2 aliphatic heterocycles. The zero-order valence-electron chi connectivity index (χ0n) is 8.85. The van der Waals surface area contributed by atoms with Crippen LogP contribution in [0.15, 0.2) is 0 Å². The van der Waals surface area contributed by atoms with E-state index in [1.165, 1.54) is 6.92 Å². The van der Waals surface area contributed by atoms with E-state index in [1.54, 1.807) is 9.80 Å². The van der Waals surface area contributed by atoms with Crippen LogP contribution in [-0.2, 0) is 9.59 Å². The lowest BCUT2D eigenvalue weighted by molar-refractivity contribution is -0.150. The summed E-state index contributed by atoms with van der Waals surface area (Å²) in [5.41, 5.74) is 0. The van der Waals surface area contributed by atoms with Gasteiger partial charge in [-0.25, -0.2) is 0 Å². The molecule has 15 heavy (non-hydrogen) atoms. The van der Waals surface area contributed by atoms with Gasteiger partial charge in [0.25, 0.3) is 0 Å². The number of rotatable bonds is 1. The molecule has 1 atom stereocenters. The largest absolute Gasteiger partial charge is 0.389 e. The van der Waals surface area contributed by atoms with Gasteiger partial charge < -0.3 is 14.9 Å². The number of carbonyl (C=O) groups excluding carboxylic acids is 2. The summed E-state index contributed by atoms with van der Waals surface area (Å²) in [7, 11) is 0. The van der Waals surface area contributed by atoms with Gasteiger partial charge in [0, 0.05) is 26.6 Å². The molecular formula is C10H16N2O3. The van der Waals surface area contributed by atoms with Crippen molar-refractivity contribution in [2.45, 2.75) is 31.9 Å². The highest BCUT2D eigenvalue weighted by atomic mass is 16.3. The molecule has 5 nitrogen and oxygen atoms in total. The lowest BCUT2D eigenvalue weighted by Crippen LogP contribution is -2.58. The number of likely N-dealkylation sites (tertiary alicyclic amines) is 2. The summed E-state index contributed by atoms with van der Waals surface area (Å²) >= 11 is 0. The quantitative estimate of drug-likeness (QED) is 0.619. The summed E-state index contributed by atoms with van der Waals surface area (Å²) < 4.78 is 0. The Kier molecular flexibility index (Phi) is 2.65. The molecular weight excluding hydrogens is 196 g/mol. The van der Waals surface area contributed by atoms with Crippen molar-refractivity contribution in [1.29, 1.82) is 0 Å². The van der Waals surface area contributed by atoms with E-state index < -0.39 is 0 Å². The van der Waals surface area contributed by atoms with Crippen molar-refractivity contribution in [2.75, 3.05) is 19.6 Å². The molecule has 2 heterocycles. The number of amides is 2. The second-order valence-corrected chi connectivity index (χ2v) is 4.27. The first kappa shape index (κ1) is 10.4. The van der Waals surface area contributed by atoms with Crippen molar-refractivity contribution in [3.05, 3.63) is 0 Å². The molecule has 0 aromatic rings. The predicted molar refractivity (Wildman–Crippen MR) is 53.0 cm³/mol. The molecule has 2 aliphatic rings. The highest BCUT2D eigenvalue weighted by molar-refractivity contribution is 5.88. The fraction of sp³-hybridized carbons (Fsp3) is 0.800. The molecule has 5 heteroatoms. The lowest BCUT2D eigenvalue weighted by Gasteiger charge is -2.39. The van der Waals surface area contributed by atoms with Gasteiger partial charge in [-0.15, -0.1) is 0 Å². The fourth-order valence-corrected chi connectivity index (χ4v) is 2.25. The molecule has 2 rings (SSSR count). The third-order valence-electron chi connectivity index (χ3n) is 3.12. The minimum Gasteiger partial charge on any atom is -0.389 e. The molecule has 0 bridgehead atoms. The second-order valence-electron chi connectivity index (χ2n) is 4.27. The van der Waals surface area contributed by atoms with Crippen LogP contribution in [0.5, 0.6) is 0 Å². The molecule has 0 radical (unpaired) electrons. The lowest BCUT2D eigenvalue weighted by atomic mass is 10.1. The summed E-state index contributed by atoms with van der Waals surface area (Å²) in [6.07, 6.45) is 1.28. The number of nitrogens with zero attached hydrogens (tertiary/aromatic N) is 2. The number of hydrogen-bond acceptors (Lipinski definition) is 3. The maximum absolute atomic E-state index is 11.9. The smallest absolute Gasteiger partial charge is 0.245 e.